The molecule has 0 saturated heterocycles. The van der Waals surface area contributed by atoms with Crippen LogP contribution in [0.2, 0.25) is 15.1 Å². The summed E-state index contributed by atoms with van der Waals surface area (Å²) in [7, 11) is 0. The van der Waals surface area contributed by atoms with Gasteiger partial charge in [-0.15, -0.1) is 0 Å². The van der Waals surface area contributed by atoms with Crippen molar-refractivity contribution in [2.45, 2.75) is 6.42 Å². The highest BCUT2D eigenvalue weighted by atomic mass is 35.5. The number of carbonyl (C=O) groups is 1. The van der Waals surface area contributed by atoms with Crippen LogP contribution in [-0.4, -0.2) is 5.78 Å². The van der Waals surface area contributed by atoms with Gasteiger partial charge in [0, 0.05) is 22.7 Å². The Morgan fingerprint density at radius 1 is 1.11 bits per heavy atom. The molecule has 0 bridgehead atoms. The SMILES string of the molecule is Nc1cc(Cl)cc(C(=O)Cc2cccc(Cl)c2Cl)c1. The van der Waals surface area contributed by atoms with Crippen LogP contribution in [0, 0.1) is 0 Å². The van der Waals surface area contributed by atoms with Crippen LogP contribution >= 0.6 is 34.8 Å². The number of hydrogen-bond donors (Lipinski definition) is 1. The van der Waals surface area contributed by atoms with Gasteiger partial charge in [-0.3, -0.25) is 4.79 Å². The second-order valence-corrected chi connectivity index (χ2v) is 5.31. The van der Waals surface area contributed by atoms with Crippen molar-refractivity contribution in [3.8, 4) is 0 Å². The van der Waals surface area contributed by atoms with Crippen molar-refractivity contribution in [2.24, 2.45) is 0 Å². The predicted molar refractivity (Wildman–Crippen MR) is 80.4 cm³/mol. The summed E-state index contributed by atoms with van der Waals surface area (Å²) < 4.78 is 0. The predicted octanol–water partition coefficient (Wildman–Crippen LogP) is 4.65. The first-order valence-electron chi connectivity index (χ1n) is 5.49. The Hall–Kier alpha value is -1.22. The van der Waals surface area contributed by atoms with Crippen molar-refractivity contribution >= 4 is 46.3 Å². The van der Waals surface area contributed by atoms with E-state index in [1.54, 1.807) is 36.4 Å². The largest absolute Gasteiger partial charge is 0.399 e. The molecule has 2 rings (SSSR count). The Morgan fingerprint density at radius 3 is 2.53 bits per heavy atom. The number of hydrogen-bond acceptors (Lipinski definition) is 2. The Balaban J connectivity index is 2.28. The molecule has 0 aromatic heterocycles. The molecule has 2 nitrogen and oxygen atoms in total. The maximum atomic E-state index is 12.2. The van der Waals surface area contributed by atoms with E-state index < -0.39 is 0 Å². The summed E-state index contributed by atoms with van der Waals surface area (Å²) in [5, 5.41) is 1.26. The highest BCUT2D eigenvalue weighted by Gasteiger charge is 2.12. The molecule has 0 unspecified atom stereocenters. The Morgan fingerprint density at radius 2 is 1.84 bits per heavy atom. The van der Waals surface area contributed by atoms with Crippen molar-refractivity contribution in [1.82, 2.24) is 0 Å². The van der Waals surface area contributed by atoms with Crippen LogP contribution < -0.4 is 5.73 Å². The molecule has 19 heavy (non-hydrogen) atoms. The molecule has 0 aliphatic heterocycles. The van der Waals surface area contributed by atoms with Crippen LogP contribution in [0.3, 0.4) is 0 Å². The second-order valence-electron chi connectivity index (χ2n) is 4.09. The zero-order chi connectivity index (χ0) is 14.0. The lowest BCUT2D eigenvalue weighted by Crippen LogP contribution is -2.05. The lowest BCUT2D eigenvalue weighted by Gasteiger charge is -2.06. The fraction of sp³-hybridized carbons (Fsp3) is 0.0714. The number of benzene rings is 2. The molecule has 0 saturated carbocycles. The lowest BCUT2D eigenvalue weighted by molar-refractivity contribution is 0.0993. The van der Waals surface area contributed by atoms with E-state index in [1.165, 1.54) is 0 Å². The fourth-order valence-electron chi connectivity index (χ4n) is 1.73. The summed E-state index contributed by atoms with van der Waals surface area (Å²) in [6.45, 7) is 0. The van der Waals surface area contributed by atoms with Crippen LogP contribution in [-0.2, 0) is 6.42 Å². The summed E-state index contributed by atoms with van der Waals surface area (Å²) in [5.74, 6) is -0.113. The molecule has 0 radical (unpaired) electrons. The standard InChI is InChI=1S/C14H10Cl3NO/c15-10-4-9(5-11(18)7-10)13(19)6-8-2-1-3-12(16)14(8)17/h1-5,7H,6,18H2. The average Bonchev–Trinajstić information content (AvgIpc) is 2.33. The smallest absolute Gasteiger partial charge is 0.167 e. The van der Waals surface area contributed by atoms with Gasteiger partial charge in [-0.05, 0) is 29.8 Å². The minimum absolute atomic E-state index is 0.113. The van der Waals surface area contributed by atoms with E-state index in [1.807, 2.05) is 0 Å². The quantitative estimate of drug-likeness (QED) is 0.661. The molecule has 98 valence electrons. The minimum atomic E-state index is -0.113. The molecular formula is C14H10Cl3NO. The normalized spacial score (nSPS) is 10.5. The van der Waals surface area contributed by atoms with Gasteiger partial charge in [0.25, 0.3) is 0 Å². The van der Waals surface area contributed by atoms with E-state index in [-0.39, 0.29) is 12.2 Å². The van der Waals surface area contributed by atoms with Crippen molar-refractivity contribution in [2.75, 3.05) is 5.73 Å². The first-order chi connectivity index (χ1) is 8.97. The Kier molecular flexibility index (Phi) is 4.35. The van der Waals surface area contributed by atoms with Crippen molar-refractivity contribution < 1.29 is 4.79 Å². The second kappa shape index (κ2) is 5.83. The van der Waals surface area contributed by atoms with Crippen LogP contribution in [0.4, 0.5) is 5.69 Å². The van der Waals surface area contributed by atoms with Crippen molar-refractivity contribution in [3.05, 3.63) is 62.6 Å². The van der Waals surface area contributed by atoms with Crippen molar-refractivity contribution in [1.29, 1.82) is 0 Å². The Labute approximate surface area is 126 Å². The summed E-state index contributed by atoms with van der Waals surface area (Å²) in [6.07, 6.45) is 0.152. The first kappa shape index (κ1) is 14.2. The third-order valence-corrected chi connectivity index (χ3v) is 3.70. The highest BCUT2D eigenvalue weighted by molar-refractivity contribution is 6.42. The van der Waals surface area contributed by atoms with E-state index in [9.17, 15) is 4.79 Å². The van der Waals surface area contributed by atoms with Gasteiger partial charge in [-0.1, -0.05) is 46.9 Å². The van der Waals surface area contributed by atoms with E-state index in [4.69, 9.17) is 40.5 Å². The number of halogens is 3. The zero-order valence-corrected chi connectivity index (χ0v) is 12.1. The van der Waals surface area contributed by atoms with Gasteiger partial charge in [0.05, 0.1) is 10.0 Å². The summed E-state index contributed by atoms with van der Waals surface area (Å²) >= 11 is 17.8. The number of nitrogens with two attached hydrogens (primary N) is 1. The lowest BCUT2D eigenvalue weighted by atomic mass is 10.0. The maximum absolute atomic E-state index is 12.2. The fourth-order valence-corrected chi connectivity index (χ4v) is 2.36. The average molecular weight is 315 g/mol. The van der Waals surface area contributed by atoms with E-state index in [0.717, 1.165) is 0 Å². The minimum Gasteiger partial charge on any atom is -0.399 e. The molecule has 0 aliphatic carbocycles. The molecule has 2 aromatic carbocycles. The van der Waals surface area contributed by atoms with E-state index >= 15 is 0 Å². The molecule has 0 aliphatic rings. The molecule has 0 heterocycles. The van der Waals surface area contributed by atoms with Crippen LogP contribution in [0.15, 0.2) is 36.4 Å². The number of nitrogen functional groups attached to an aromatic ring is 1. The molecular weight excluding hydrogens is 305 g/mol. The number of ketones is 1. The van der Waals surface area contributed by atoms with Gasteiger partial charge in [0.2, 0.25) is 0 Å². The topological polar surface area (TPSA) is 43.1 Å². The summed E-state index contributed by atoms with van der Waals surface area (Å²) in [6, 6.07) is 9.95. The molecule has 0 fully saturated rings. The molecule has 5 heteroatoms. The summed E-state index contributed by atoms with van der Waals surface area (Å²) in [5.41, 5.74) is 7.25. The van der Waals surface area contributed by atoms with Crippen LogP contribution in [0.5, 0.6) is 0 Å². The zero-order valence-electron chi connectivity index (χ0n) is 9.79. The third-order valence-electron chi connectivity index (χ3n) is 2.62. The van der Waals surface area contributed by atoms with E-state index in [0.29, 0.717) is 31.9 Å². The van der Waals surface area contributed by atoms with Crippen LogP contribution in [0.1, 0.15) is 15.9 Å². The van der Waals surface area contributed by atoms with E-state index in [2.05, 4.69) is 0 Å². The number of anilines is 1. The van der Waals surface area contributed by atoms with Gasteiger partial charge in [0.1, 0.15) is 0 Å². The number of rotatable bonds is 3. The van der Waals surface area contributed by atoms with Gasteiger partial charge >= 0.3 is 0 Å². The monoisotopic (exact) mass is 313 g/mol. The maximum Gasteiger partial charge on any atom is 0.167 e. The Bertz CT molecular complexity index is 620. The van der Waals surface area contributed by atoms with Gasteiger partial charge in [-0.2, -0.15) is 0 Å². The van der Waals surface area contributed by atoms with Crippen molar-refractivity contribution in [3.63, 3.8) is 0 Å². The first-order valence-corrected chi connectivity index (χ1v) is 6.63. The third kappa shape index (κ3) is 3.41. The van der Waals surface area contributed by atoms with Gasteiger partial charge in [0.15, 0.2) is 5.78 Å². The molecule has 2 aromatic rings. The summed E-state index contributed by atoms with van der Waals surface area (Å²) in [4.78, 5) is 12.2. The molecule has 2 N–H and O–H groups in total. The van der Waals surface area contributed by atoms with Gasteiger partial charge in [-0.25, -0.2) is 0 Å². The van der Waals surface area contributed by atoms with Crippen LogP contribution in [0.25, 0.3) is 0 Å². The molecule has 0 atom stereocenters. The molecule has 0 spiro atoms. The van der Waals surface area contributed by atoms with Gasteiger partial charge < -0.3 is 5.73 Å². The molecule has 0 amide bonds. The number of Topliss-reactive ketones (excluding diaryl/α,β-unsaturated/α-hetero) is 1. The number of carbonyl (C=O) groups excluding carboxylic acids is 1. The highest BCUT2D eigenvalue weighted by Crippen LogP contribution is 2.27.